The van der Waals surface area contributed by atoms with Crippen LogP contribution in [0.3, 0.4) is 0 Å². The number of hydrogen-bond donors (Lipinski definition) is 3. The number of rotatable bonds is 6. The highest BCUT2D eigenvalue weighted by atomic mass is 19.1. The molecule has 0 amide bonds. The van der Waals surface area contributed by atoms with E-state index in [-0.39, 0.29) is 12.0 Å². The first-order valence-electron chi connectivity index (χ1n) is 5.21. The maximum absolute atomic E-state index is 13.3. The molecular weight excluding hydrogens is 211 g/mol. The number of nitrogens with zero attached hydrogens (tertiary/aromatic N) is 1. The van der Waals surface area contributed by atoms with Crippen LogP contribution in [0.2, 0.25) is 0 Å². The molecule has 1 atom stereocenters. The molecule has 1 unspecified atom stereocenters. The predicted molar refractivity (Wildman–Crippen MR) is 63.2 cm³/mol. The van der Waals surface area contributed by atoms with Crippen LogP contribution in [-0.4, -0.2) is 38.5 Å². The number of aromatic nitrogens is 1. The lowest BCUT2D eigenvalue weighted by molar-refractivity contribution is 0.0724. The van der Waals surface area contributed by atoms with Gasteiger partial charge in [0.15, 0.2) is 5.82 Å². The lowest BCUT2D eigenvalue weighted by Crippen LogP contribution is -2.33. The number of nitrogens with two attached hydrogens (primary N) is 1. The zero-order valence-corrected chi connectivity index (χ0v) is 9.88. The van der Waals surface area contributed by atoms with Crippen LogP contribution in [0.15, 0.2) is 6.20 Å². The van der Waals surface area contributed by atoms with Gasteiger partial charge in [-0.3, -0.25) is 0 Å². The van der Waals surface area contributed by atoms with Crippen LogP contribution >= 0.6 is 0 Å². The van der Waals surface area contributed by atoms with Gasteiger partial charge in [-0.05, 0) is 6.92 Å². The van der Waals surface area contributed by atoms with Crippen LogP contribution < -0.4 is 16.0 Å². The Hall–Kier alpha value is -1.27. The molecule has 5 nitrogen and oxygen atoms in total. The van der Waals surface area contributed by atoms with E-state index < -0.39 is 0 Å². The van der Waals surface area contributed by atoms with E-state index in [2.05, 4.69) is 10.3 Å². The zero-order valence-electron chi connectivity index (χ0n) is 9.88. The highest BCUT2D eigenvalue weighted by Crippen LogP contribution is 2.27. The molecule has 0 aromatic carbocycles. The van der Waals surface area contributed by atoms with Gasteiger partial charge in [-0.2, -0.15) is 0 Å². The van der Waals surface area contributed by atoms with E-state index in [1.165, 1.54) is 6.20 Å². The van der Waals surface area contributed by atoms with Crippen LogP contribution in [0.25, 0.3) is 0 Å². The van der Waals surface area contributed by atoms with Crippen LogP contribution in [0.5, 0.6) is 0 Å². The van der Waals surface area contributed by atoms with Crippen molar-refractivity contribution in [2.24, 2.45) is 5.73 Å². The van der Waals surface area contributed by atoms with E-state index in [1.807, 2.05) is 18.9 Å². The van der Waals surface area contributed by atoms with Crippen molar-refractivity contribution >= 4 is 11.5 Å². The molecular formula is C10H19FN4O. The Balaban J connectivity index is 2.74. The summed E-state index contributed by atoms with van der Waals surface area (Å²) in [7, 11) is 3.50. The van der Waals surface area contributed by atoms with Crippen molar-refractivity contribution in [2.75, 3.05) is 37.5 Å². The number of hydrogen-bond acceptors (Lipinski definition) is 4. The first-order valence-corrected chi connectivity index (χ1v) is 5.21. The van der Waals surface area contributed by atoms with Crippen molar-refractivity contribution in [3.05, 3.63) is 12.0 Å². The summed E-state index contributed by atoms with van der Waals surface area (Å²) < 4.78 is 18.8. The second-order valence-electron chi connectivity index (χ2n) is 3.48. The maximum atomic E-state index is 13.3. The van der Waals surface area contributed by atoms with Crippen molar-refractivity contribution in [3.63, 3.8) is 0 Å². The third kappa shape index (κ3) is 2.65. The molecule has 0 fully saturated rings. The van der Waals surface area contributed by atoms with Gasteiger partial charge in [-0.15, -0.1) is 0 Å². The molecule has 0 bridgehead atoms. The minimum Gasteiger partial charge on any atom is -0.383 e. The van der Waals surface area contributed by atoms with Gasteiger partial charge in [-0.25, -0.2) is 4.39 Å². The number of anilines is 2. The minimum absolute atomic E-state index is 0.173. The zero-order chi connectivity index (χ0) is 12.1. The molecule has 1 aromatic rings. The van der Waals surface area contributed by atoms with Gasteiger partial charge in [0.2, 0.25) is 0 Å². The monoisotopic (exact) mass is 230 g/mol. The molecule has 0 saturated heterocycles. The second-order valence-corrected chi connectivity index (χ2v) is 3.48. The Morgan fingerprint density at radius 2 is 2.38 bits per heavy atom. The number of nitrogens with one attached hydrogen (secondary N) is 2. The minimum atomic E-state index is -0.310. The summed E-state index contributed by atoms with van der Waals surface area (Å²) in [5.41, 5.74) is 5.79. The van der Waals surface area contributed by atoms with Crippen molar-refractivity contribution < 1.29 is 9.13 Å². The van der Waals surface area contributed by atoms with E-state index in [1.54, 1.807) is 7.05 Å². The first-order chi connectivity index (χ1) is 7.61. The fourth-order valence-corrected chi connectivity index (χ4v) is 1.44. The lowest BCUT2D eigenvalue weighted by Gasteiger charge is -2.26. The quantitative estimate of drug-likeness (QED) is 0.637. The average Bonchev–Trinajstić information content (AvgIpc) is 2.66. The van der Waals surface area contributed by atoms with Gasteiger partial charge in [0, 0.05) is 26.8 Å². The smallest absolute Gasteiger partial charge is 0.165 e. The molecule has 6 heteroatoms. The molecule has 0 saturated carbocycles. The van der Waals surface area contributed by atoms with Crippen LogP contribution in [0.1, 0.15) is 6.92 Å². The standard InChI is InChI=1S/C10H19FN4O/c1-7(16-5-4-12)15(3)10-9(13-2)8(11)6-14-10/h6-7,13-14H,4-5,12H2,1-3H3. The van der Waals surface area contributed by atoms with Crippen LogP contribution in [0, 0.1) is 5.82 Å². The highest BCUT2D eigenvalue weighted by Gasteiger charge is 2.17. The normalized spacial score (nSPS) is 12.6. The third-order valence-corrected chi connectivity index (χ3v) is 2.44. The maximum Gasteiger partial charge on any atom is 0.165 e. The third-order valence-electron chi connectivity index (χ3n) is 2.44. The Labute approximate surface area is 94.8 Å². The molecule has 4 N–H and O–H groups in total. The largest absolute Gasteiger partial charge is 0.383 e. The summed E-state index contributed by atoms with van der Waals surface area (Å²) in [4.78, 5) is 4.67. The molecule has 0 aliphatic rings. The summed E-state index contributed by atoms with van der Waals surface area (Å²) in [6, 6.07) is 0. The molecule has 0 aliphatic carbocycles. The van der Waals surface area contributed by atoms with Gasteiger partial charge in [0.1, 0.15) is 17.7 Å². The lowest BCUT2D eigenvalue weighted by atomic mass is 10.4. The van der Waals surface area contributed by atoms with Gasteiger partial charge >= 0.3 is 0 Å². The van der Waals surface area contributed by atoms with E-state index in [4.69, 9.17) is 10.5 Å². The summed E-state index contributed by atoms with van der Waals surface area (Å²) >= 11 is 0. The number of halogens is 1. The topological polar surface area (TPSA) is 66.3 Å². The van der Waals surface area contributed by atoms with Gasteiger partial charge in [0.05, 0.1) is 6.61 Å². The van der Waals surface area contributed by atoms with Gasteiger partial charge in [0.25, 0.3) is 0 Å². The number of aromatic amines is 1. The molecule has 1 rings (SSSR count). The van der Waals surface area contributed by atoms with E-state index in [0.717, 1.165) is 0 Å². The van der Waals surface area contributed by atoms with E-state index in [0.29, 0.717) is 24.7 Å². The molecule has 16 heavy (non-hydrogen) atoms. The van der Waals surface area contributed by atoms with Crippen molar-refractivity contribution in [2.45, 2.75) is 13.2 Å². The molecule has 0 radical (unpaired) electrons. The molecule has 92 valence electrons. The Morgan fingerprint density at radius 1 is 1.69 bits per heavy atom. The Morgan fingerprint density at radius 3 is 2.94 bits per heavy atom. The van der Waals surface area contributed by atoms with Gasteiger partial charge in [-0.1, -0.05) is 0 Å². The predicted octanol–water partition coefficient (Wildman–Crippen LogP) is 0.953. The van der Waals surface area contributed by atoms with Crippen molar-refractivity contribution in [3.8, 4) is 0 Å². The fourth-order valence-electron chi connectivity index (χ4n) is 1.44. The van der Waals surface area contributed by atoms with Crippen LogP contribution in [-0.2, 0) is 4.74 Å². The molecule has 1 aromatic heterocycles. The molecule has 0 spiro atoms. The van der Waals surface area contributed by atoms with Crippen molar-refractivity contribution in [1.29, 1.82) is 0 Å². The summed E-state index contributed by atoms with van der Waals surface area (Å²) in [6.45, 7) is 2.83. The first kappa shape index (κ1) is 12.8. The van der Waals surface area contributed by atoms with Crippen molar-refractivity contribution in [1.82, 2.24) is 4.98 Å². The Bertz CT molecular complexity index is 329. The summed E-state index contributed by atoms with van der Waals surface area (Å²) in [5.74, 6) is 0.347. The van der Waals surface area contributed by atoms with Gasteiger partial charge < -0.3 is 25.7 Å². The Kier molecular flexibility index (Phi) is 4.57. The summed E-state index contributed by atoms with van der Waals surface area (Å²) in [6.07, 6.45) is 1.14. The fraction of sp³-hybridized carbons (Fsp3) is 0.600. The summed E-state index contributed by atoms with van der Waals surface area (Å²) in [5, 5.41) is 2.81. The molecule has 1 heterocycles. The van der Waals surface area contributed by atoms with E-state index in [9.17, 15) is 4.39 Å². The number of H-pyrrole nitrogens is 1. The second kappa shape index (κ2) is 5.72. The SMILES string of the molecule is CNc1c(F)c[nH]c1N(C)C(C)OCCN. The average molecular weight is 230 g/mol. The molecule has 0 aliphatic heterocycles. The highest BCUT2D eigenvalue weighted by molar-refractivity contribution is 5.66. The van der Waals surface area contributed by atoms with E-state index >= 15 is 0 Å². The number of ether oxygens (including phenoxy) is 1. The van der Waals surface area contributed by atoms with Crippen LogP contribution in [0.4, 0.5) is 15.9 Å².